The fraction of sp³-hybridized carbons (Fsp3) is 0.267. The number of hydrogen-bond donors (Lipinski definition) is 1. The molecule has 0 aliphatic heterocycles. The van der Waals surface area contributed by atoms with E-state index in [2.05, 4.69) is 0 Å². The number of esters is 2. The molecular weight excluding hydrogens is 304 g/mol. The zero-order chi connectivity index (χ0) is 16.5. The lowest BCUT2D eigenvalue weighted by atomic mass is 10.1. The minimum absolute atomic E-state index is 0.137. The molecule has 0 fully saturated rings. The van der Waals surface area contributed by atoms with Crippen LogP contribution in [0.15, 0.2) is 24.3 Å². The molecule has 7 heteroatoms. The number of carbonyl (C=O) groups is 2. The summed E-state index contributed by atoms with van der Waals surface area (Å²) in [6.45, 7) is 3.47. The summed E-state index contributed by atoms with van der Waals surface area (Å²) < 4.78 is 9.94. The van der Waals surface area contributed by atoms with Crippen LogP contribution in [0.25, 0.3) is 0 Å². The summed E-state index contributed by atoms with van der Waals surface area (Å²) in [5.41, 5.74) is 6.13. The van der Waals surface area contributed by atoms with Crippen LogP contribution in [0.4, 0.5) is 5.00 Å². The van der Waals surface area contributed by atoms with E-state index in [0.29, 0.717) is 0 Å². The first-order valence-electron chi connectivity index (χ1n) is 6.49. The number of thiophene rings is 1. The molecule has 1 aromatic heterocycles. The van der Waals surface area contributed by atoms with E-state index in [1.807, 2.05) is 13.0 Å². The molecular formula is C15H16N2O4S. The number of allylic oxidation sites excluding steroid dienone is 3. The number of ether oxygens (including phenoxy) is 2. The van der Waals surface area contributed by atoms with E-state index in [1.165, 1.54) is 12.2 Å². The quantitative estimate of drug-likeness (QED) is 0.491. The van der Waals surface area contributed by atoms with Crippen LogP contribution in [0.1, 0.15) is 34.6 Å². The van der Waals surface area contributed by atoms with Crippen LogP contribution >= 0.6 is 11.3 Å². The van der Waals surface area contributed by atoms with Crippen molar-refractivity contribution in [2.75, 3.05) is 12.3 Å². The van der Waals surface area contributed by atoms with Gasteiger partial charge in [-0.3, -0.25) is 0 Å². The Bertz CT molecular complexity index is 653. The van der Waals surface area contributed by atoms with Gasteiger partial charge in [0, 0.05) is 11.6 Å². The highest BCUT2D eigenvalue weighted by Crippen LogP contribution is 2.31. The van der Waals surface area contributed by atoms with Gasteiger partial charge in [0.2, 0.25) is 0 Å². The second kappa shape index (κ2) is 8.64. The third kappa shape index (κ3) is 4.46. The van der Waals surface area contributed by atoms with Gasteiger partial charge in [-0.15, -0.1) is 11.3 Å². The summed E-state index contributed by atoms with van der Waals surface area (Å²) in [5, 5.41) is 9.32. The van der Waals surface area contributed by atoms with Gasteiger partial charge < -0.3 is 15.2 Å². The predicted octanol–water partition coefficient (Wildman–Crippen LogP) is 2.55. The van der Waals surface area contributed by atoms with Gasteiger partial charge in [0.15, 0.2) is 0 Å². The van der Waals surface area contributed by atoms with Gasteiger partial charge in [0.1, 0.15) is 22.6 Å². The van der Waals surface area contributed by atoms with Gasteiger partial charge in [-0.25, -0.2) is 9.59 Å². The Morgan fingerprint density at radius 2 is 2.09 bits per heavy atom. The van der Waals surface area contributed by atoms with Crippen LogP contribution in [-0.2, 0) is 20.9 Å². The van der Waals surface area contributed by atoms with Crippen LogP contribution in [0.5, 0.6) is 0 Å². The van der Waals surface area contributed by atoms with Crippen LogP contribution in [0.2, 0.25) is 0 Å². The van der Waals surface area contributed by atoms with Crippen molar-refractivity contribution in [3.63, 3.8) is 0 Å². The zero-order valence-corrected chi connectivity index (χ0v) is 13.1. The lowest BCUT2D eigenvalue weighted by Gasteiger charge is -2.04. The largest absolute Gasteiger partial charge is 0.462 e. The molecule has 0 saturated carbocycles. The first kappa shape index (κ1) is 17.5. The number of nitrogen functional groups attached to an aromatic ring is 1. The molecule has 0 amide bonds. The van der Waals surface area contributed by atoms with E-state index in [1.54, 1.807) is 19.1 Å². The van der Waals surface area contributed by atoms with Crippen molar-refractivity contribution in [3.05, 3.63) is 40.3 Å². The summed E-state index contributed by atoms with van der Waals surface area (Å²) in [5.74, 6) is -1.17. The standard InChI is InChI=1S/C15H16N2O4S/c1-3-5-6-7-12(18)21-9-11-10(8-16)14(17)22-13(11)15(19)20-4-2/h3,5-7H,4,9,17H2,1-2H3/b5-3+,7-6+. The van der Waals surface area contributed by atoms with Crippen LogP contribution in [0, 0.1) is 11.3 Å². The van der Waals surface area contributed by atoms with Crippen molar-refractivity contribution in [1.29, 1.82) is 5.26 Å². The Morgan fingerprint density at radius 1 is 1.36 bits per heavy atom. The SMILES string of the molecule is C/C=C/C=C/C(=O)OCc1c(C(=O)OCC)sc(N)c1C#N. The first-order valence-corrected chi connectivity index (χ1v) is 7.31. The van der Waals surface area contributed by atoms with E-state index >= 15 is 0 Å². The van der Waals surface area contributed by atoms with Crippen molar-refractivity contribution in [1.82, 2.24) is 0 Å². The molecule has 1 aromatic rings. The summed E-state index contributed by atoms with van der Waals surface area (Å²) in [7, 11) is 0. The Balaban J connectivity index is 2.95. The maximum atomic E-state index is 11.9. The molecule has 0 aliphatic carbocycles. The van der Waals surface area contributed by atoms with Gasteiger partial charge in [-0.05, 0) is 13.8 Å². The van der Waals surface area contributed by atoms with Gasteiger partial charge in [0.05, 0.1) is 12.2 Å². The third-order valence-electron chi connectivity index (χ3n) is 2.50. The zero-order valence-electron chi connectivity index (χ0n) is 12.3. The maximum absolute atomic E-state index is 11.9. The second-order valence-electron chi connectivity index (χ2n) is 3.97. The number of nitrogens with zero attached hydrogens (tertiary/aromatic N) is 1. The van der Waals surface area contributed by atoms with Crippen molar-refractivity contribution >= 4 is 28.3 Å². The van der Waals surface area contributed by atoms with Gasteiger partial charge in [0.25, 0.3) is 0 Å². The Morgan fingerprint density at radius 3 is 2.68 bits per heavy atom. The van der Waals surface area contributed by atoms with Crippen molar-refractivity contribution in [2.24, 2.45) is 0 Å². The van der Waals surface area contributed by atoms with Gasteiger partial charge >= 0.3 is 11.9 Å². The van der Waals surface area contributed by atoms with E-state index < -0.39 is 11.9 Å². The number of anilines is 1. The summed E-state index contributed by atoms with van der Waals surface area (Å²) in [6, 6.07) is 1.91. The minimum atomic E-state index is -0.587. The van der Waals surface area contributed by atoms with Crippen molar-refractivity contribution in [3.8, 4) is 6.07 Å². The smallest absolute Gasteiger partial charge is 0.348 e. The molecule has 0 unspecified atom stereocenters. The van der Waals surface area contributed by atoms with E-state index in [9.17, 15) is 9.59 Å². The molecule has 0 atom stereocenters. The predicted molar refractivity (Wildman–Crippen MR) is 83.2 cm³/mol. The third-order valence-corrected chi connectivity index (χ3v) is 3.54. The number of nitriles is 1. The average Bonchev–Trinajstić information content (AvgIpc) is 2.81. The molecule has 0 saturated heterocycles. The average molecular weight is 320 g/mol. The molecule has 0 radical (unpaired) electrons. The lowest BCUT2D eigenvalue weighted by Crippen LogP contribution is -2.08. The number of hydrogen-bond acceptors (Lipinski definition) is 7. The Hall–Kier alpha value is -2.59. The lowest BCUT2D eigenvalue weighted by molar-refractivity contribution is -0.139. The van der Waals surface area contributed by atoms with Gasteiger partial charge in [-0.1, -0.05) is 18.2 Å². The number of carbonyl (C=O) groups excluding carboxylic acids is 2. The fourth-order valence-electron chi connectivity index (χ4n) is 1.54. The van der Waals surface area contributed by atoms with Crippen LogP contribution in [0.3, 0.4) is 0 Å². The number of rotatable bonds is 6. The van der Waals surface area contributed by atoms with Gasteiger partial charge in [-0.2, -0.15) is 5.26 Å². The number of nitrogens with two attached hydrogens (primary N) is 1. The normalized spacial score (nSPS) is 10.8. The summed E-state index contributed by atoms with van der Waals surface area (Å²) in [6.07, 6.45) is 6.21. The van der Waals surface area contributed by atoms with Crippen molar-refractivity contribution < 1.29 is 19.1 Å². The molecule has 2 N–H and O–H groups in total. The topological polar surface area (TPSA) is 102 Å². The van der Waals surface area contributed by atoms with Crippen LogP contribution in [-0.4, -0.2) is 18.5 Å². The second-order valence-corrected chi connectivity index (χ2v) is 5.03. The molecule has 0 aromatic carbocycles. The van der Waals surface area contributed by atoms with E-state index in [4.69, 9.17) is 20.5 Å². The molecule has 22 heavy (non-hydrogen) atoms. The highest BCUT2D eigenvalue weighted by Gasteiger charge is 2.23. The molecule has 1 heterocycles. The highest BCUT2D eigenvalue weighted by atomic mass is 32.1. The maximum Gasteiger partial charge on any atom is 0.348 e. The fourth-order valence-corrected chi connectivity index (χ4v) is 2.46. The minimum Gasteiger partial charge on any atom is -0.462 e. The summed E-state index contributed by atoms with van der Waals surface area (Å²) in [4.78, 5) is 23.6. The molecule has 6 nitrogen and oxygen atoms in total. The summed E-state index contributed by atoms with van der Waals surface area (Å²) >= 11 is 0.947. The molecule has 116 valence electrons. The molecule has 1 rings (SSSR count). The van der Waals surface area contributed by atoms with E-state index in [0.717, 1.165) is 11.3 Å². The molecule has 0 aliphatic rings. The Labute approximate surface area is 132 Å². The monoisotopic (exact) mass is 320 g/mol. The molecule has 0 bridgehead atoms. The van der Waals surface area contributed by atoms with E-state index in [-0.39, 0.29) is 34.2 Å². The highest BCUT2D eigenvalue weighted by molar-refractivity contribution is 7.18. The molecule has 0 spiro atoms. The first-order chi connectivity index (χ1) is 10.5. The van der Waals surface area contributed by atoms with Crippen LogP contribution < -0.4 is 5.73 Å². The Kier molecular flexibility index (Phi) is 6.86. The van der Waals surface area contributed by atoms with Crippen molar-refractivity contribution in [2.45, 2.75) is 20.5 Å².